The SMILES string of the molecule is c1ccc2c(c1)oc1cc3c4ccc(-c5ccc(-c6ccc7c8ccccc8c8cccnc8c7n6)cc5)cc4c4ccccc4c3cc12. The van der Waals surface area contributed by atoms with Crippen LogP contribution in [0.5, 0.6) is 0 Å². The van der Waals surface area contributed by atoms with Crippen molar-refractivity contribution in [1.29, 1.82) is 0 Å². The van der Waals surface area contributed by atoms with Crippen molar-refractivity contribution < 1.29 is 4.42 Å². The Morgan fingerprint density at radius 3 is 1.65 bits per heavy atom. The third-order valence-electron chi connectivity index (χ3n) is 10.3. The topological polar surface area (TPSA) is 38.9 Å². The van der Waals surface area contributed by atoms with Crippen LogP contribution in [0.15, 0.2) is 162 Å². The summed E-state index contributed by atoms with van der Waals surface area (Å²) in [7, 11) is 0. The van der Waals surface area contributed by atoms with Crippen LogP contribution < -0.4 is 0 Å². The van der Waals surface area contributed by atoms with Crippen LogP contribution in [-0.2, 0) is 0 Å². The van der Waals surface area contributed by atoms with Crippen molar-refractivity contribution in [1.82, 2.24) is 9.97 Å². The molecule has 3 aromatic heterocycles. The van der Waals surface area contributed by atoms with Gasteiger partial charge < -0.3 is 4.42 Å². The van der Waals surface area contributed by atoms with Crippen LogP contribution in [0.3, 0.4) is 0 Å². The molecule has 0 saturated heterocycles. The lowest BCUT2D eigenvalue weighted by molar-refractivity contribution is 0.669. The molecule has 0 spiro atoms. The van der Waals surface area contributed by atoms with Gasteiger partial charge in [-0.2, -0.15) is 0 Å². The predicted molar refractivity (Wildman–Crippen MR) is 205 cm³/mol. The predicted octanol–water partition coefficient (Wildman–Crippen LogP) is 12.6. The van der Waals surface area contributed by atoms with Gasteiger partial charge in [-0.3, -0.25) is 4.98 Å². The van der Waals surface area contributed by atoms with Crippen LogP contribution in [-0.4, -0.2) is 9.97 Å². The molecule has 0 N–H and O–H groups in total. The number of para-hydroxylation sites is 1. The molecule has 0 fully saturated rings. The fraction of sp³-hybridized carbons (Fsp3) is 0. The molecule has 0 atom stereocenters. The zero-order valence-electron chi connectivity index (χ0n) is 26.3. The second-order valence-corrected chi connectivity index (χ2v) is 12.9. The molecular weight excluding hydrogens is 597 g/mol. The number of nitrogens with zero attached hydrogens (tertiary/aromatic N) is 2. The largest absolute Gasteiger partial charge is 0.456 e. The summed E-state index contributed by atoms with van der Waals surface area (Å²) in [6, 6.07) is 54.2. The molecule has 3 nitrogen and oxygen atoms in total. The van der Waals surface area contributed by atoms with Gasteiger partial charge in [-0.1, -0.05) is 109 Å². The van der Waals surface area contributed by atoms with Crippen LogP contribution in [0, 0.1) is 0 Å². The maximum atomic E-state index is 6.32. The van der Waals surface area contributed by atoms with Gasteiger partial charge in [0.15, 0.2) is 0 Å². The lowest BCUT2D eigenvalue weighted by Gasteiger charge is -2.13. The first-order chi connectivity index (χ1) is 24.3. The molecule has 3 heteroatoms. The van der Waals surface area contributed by atoms with Gasteiger partial charge in [0.25, 0.3) is 0 Å². The molecule has 0 aliphatic carbocycles. The third kappa shape index (κ3) is 3.84. The molecule has 0 unspecified atom stereocenters. The monoisotopic (exact) mass is 622 g/mol. The van der Waals surface area contributed by atoms with E-state index in [1.807, 2.05) is 24.4 Å². The molecule has 0 saturated carbocycles. The molecule has 0 amide bonds. The quantitative estimate of drug-likeness (QED) is 0.180. The summed E-state index contributed by atoms with van der Waals surface area (Å²) in [5.74, 6) is 0. The third-order valence-corrected chi connectivity index (χ3v) is 10.3. The molecule has 49 heavy (non-hydrogen) atoms. The van der Waals surface area contributed by atoms with E-state index in [4.69, 9.17) is 14.4 Å². The first kappa shape index (κ1) is 26.5. The van der Waals surface area contributed by atoms with Gasteiger partial charge in [0.05, 0.1) is 16.7 Å². The highest BCUT2D eigenvalue weighted by atomic mass is 16.3. The number of rotatable bonds is 2. The minimum absolute atomic E-state index is 0.921. The molecule has 0 aliphatic heterocycles. The van der Waals surface area contributed by atoms with Crippen molar-refractivity contribution in [2.24, 2.45) is 0 Å². The highest BCUT2D eigenvalue weighted by Gasteiger charge is 2.15. The zero-order valence-corrected chi connectivity index (χ0v) is 26.3. The van der Waals surface area contributed by atoms with E-state index in [1.165, 1.54) is 54.2 Å². The van der Waals surface area contributed by atoms with E-state index in [-0.39, 0.29) is 0 Å². The van der Waals surface area contributed by atoms with E-state index >= 15 is 0 Å². The van der Waals surface area contributed by atoms with Gasteiger partial charge in [0.1, 0.15) is 11.2 Å². The van der Waals surface area contributed by atoms with E-state index in [2.05, 4.69) is 133 Å². The Kier molecular flexibility index (Phi) is 5.38. The normalized spacial score (nSPS) is 12.1. The average Bonchev–Trinajstić information content (AvgIpc) is 3.55. The van der Waals surface area contributed by atoms with Crippen molar-refractivity contribution in [3.05, 3.63) is 158 Å². The van der Waals surface area contributed by atoms with Crippen LogP contribution in [0.2, 0.25) is 0 Å². The van der Waals surface area contributed by atoms with Gasteiger partial charge in [-0.05, 0) is 96.7 Å². The second kappa shape index (κ2) is 9.96. The zero-order chi connectivity index (χ0) is 32.1. The Bertz CT molecular complexity index is 3120. The summed E-state index contributed by atoms with van der Waals surface area (Å²) in [6.07, 6.45) is 1.86. The van der Waals surface area contributed by atoms with E-state index in [1.54, 1.807) is 0 Å². The molecule has 0 radical (unpaired) electrons. The fourth-order valence-electron chi connectivity index (χ4n) is 7.97. The van der Waals surface area contributed by atoms with Crippen LogP contribution in [0.4, 0.5) is 0 Å². The number of fused-ring (bicyclic) bond motifs is 15. The Hall–Kier alpha value is -6.58. The number of benzene rings is 8. The number of furan rings is 1. The van der Waals surface area contributed by atoms with Crippen molar-refractivity contribution >= 4 is 86.8 Å². The van der Waals surface area contributed by atoms with Crippen LogP contribution in [0.25, 0.3) is 109 Å². The smallest absolute Gasteiger partial charge is 0.136 e. The average molecular weight is 623 g/mol. The molecule has 226 valence electrons. The summed E-state index contributed by atoms with van der Waals surface area (Å²) in [5, 5.41) is 14.4. The first-order valence-electron chi connectivity index (χ1n) is 16.6. The lowest BCUT2D eigenvalue weighted by Crippen LogP contribution is -1.91. The van der Waals surface area contributed by atoms with Gasteiger partial charge in [-0.15, -0.1) is 0 Å². The maximum Gasteiger partial charge on any atom is 0.136 e. The molecular formula is C46H26N2O. The van der Waals surface area contributed by atoms with Gasteiger partial charge in [0.2, 0.25) is 0 Å². The Morgan fingerprint density at radius 1 is 0.327 bits per heavy atom. The molecule has 8 aromatic carbocycles. The highest BCUT2D eigenvalue weighted by molar-refractivity contribution is 6.28. The number of hydrogen-bond acceptors (Lipinski definition) is 3. The van der Waals surface area contributed by atoms with E-state index in [9.17, 15) is 0 Å². The molecule has 0 bridgehead atoms. The minimum atomic E-state index is 0.921. The molecule has 11 aromatic rings. The number of aromatic nitrogens is 2. The van der Waals surface area contributed by atoms with E-state index in [0.29, 0.717) is 0 Å². The summed E-state index contributed by atoms with van der Waals surface area (Å²) in [5.41, 5.74) is 8.08. The number of pyridine rings is 2. The van der Waals surface area contributed by atoms with E-state index < -0.39 is 0 Å². The summed E-state index contributed by atoms with van der Waals surface area (Å²) in [4.78, 5) is 9.97. The lowest BCUT2D eigenvalue weighted by atomic mass is 9.91. The Labute approximate surface area is 280 Å². The molecule has 11 rings (SSSR count). The van der Waals surface area contributed by atoms with E-state index in [0.717, 1.165) is 55.0 Å². The Balaban J connectivity index is 1.05. The summed E-state index contributed by atoms with van der Waals surface area (Å²) in [6.45, 7) is 0. The highest BCUT2D eigenvalue weighted by Crippen LogP contribution is 2.41. The molecule has 0 aliphatic rings. The van der Waals surface area contributed by atoms with Crippen molar-refractivity contribution in [2.75, 3.05) is 0 Å². The standard InChI is InChI=1S/C46H26N2O/c1-2-9-31-30(8-1)36-13-7-23-47-45(36)46-37(31)21-22-42(48-46)28-17-15-27(16-18-28)29-19-20-34-38(24-29)32-10-3-4-11-33(32)39-25-41-35-12-5-6-14-43(35)49-44(41)26-40(34)39/h1-26H. The van der Waals surface area contributed by atoms with Gasteiger partial charge in [-0.25, -0.2) is 4.98 Å². The number of hydrogen-bond donors (Lipinski definition) is 0. The van der Waals surface area contributed by atoms with Gasteiger partial charge >= 0.3 is 0 Å². The summed E-state index contributed by atoms with van der Waals surface area (Å²) >= 11 is 0. The van der Waals surface area contributed by atoms with Crippen molar-refractivity contribution in [3.8, 4) is 22.4 Å². The molecule has 3 heterocycles. The maximum absolute atomic E-state index is 6.32. The minimum Gasteiger partial charge on any atom is -0.456 e. The Morgan fingerprint density at radius 2 is 0.878 bits per heavy atom. The van der Waals surface area contributed by atoms with Crippen LogP contribution >= 0.6 is 0 Å². The summed E-state index contributed by atoms with van der Waals surface area (Å²) < 4.78 is 6.32. The second-order valence-electron chi connectivity index (χ2n) is 12.9. The van der Waals surface area contributed by atoms with Gasteiger partial charge in [0, 0.05) is 33.3 Å². The van der Waals surface area contributed by atoms with Crippen LogP contribution in [0.1, 0.15) is 0 Å². The van der Waals surface area contributed by atoms with Crippen molar-refractivity contribution in [2.45, 2.75) is 0 Å². The fourth-order valence-corrected chi connectivity index (χ4v) is 7.97. The first-order valence-corrected chi connectivity index (χ1v) is 16.6. The van der Waals surface area contributed by atoms with Crippen molar-refractivity contribution in [3.63, 3.8) is 0 Å².